The number of hydrogen-bond acceptors (Lipinski definition) is 6. The Bertz CT molecular complexity index is 1090. The van der Waals surface area contributed by atoms with Crippen LogP contribution in [-0.4, -0.2) is 25.6 Å². The second kappa shape index (κ2) is 7.22. The van der Waals surface area contributed by atoms with Gasteiger partial charge in [0.1, 0.15) is 11.6 Å². The van der Waals surface area contributed by atoms with Gasteiger partial charge in [-0.25, -0.2) is 4.98 Å². The third-order valence-corrected chi connectivity index (χ3v) is 3.95. The summed E-state index contributed by atoms with van der Waals surface area (Å²) in [5.74, 6) is -0.629. The maximum atomic E-state index is 12.8. The summed E-state index contributed by atoms with van der Waals surface area (Å²) in [5.41, 5.74) is 5.09. The Labute approximate surface area is 161 Å². The predicted octanol–water partition coefficient (Wildman–Crippen LogP) is 3.24. The molecule has 0 atom stereocenters. The summed E-state index contributed by atoms with van der Waals surface area (Å²) in [6.45, 7) is 0. The van der Waals surface area contributed by atoms with Crippen LogP contribution in [0.1, 0.15) is 16.1 Å². The van der Waals surface area contributed by atoms with E-state index in [2.05, 4.69) is 15.4 Å². The van der Waals surface area contributed by atoms with Gasteiger partial charge < -0.3 is 11.1 Å². The van der Waals surface area contributed by atoms with E-state index < -0.39 is 22.7 Å². The Morgan fingerprint density at radius 2 is 1.86 bits per heavy atom. The first-order valence-corrected chi connectivity index (χ1v) is 8.00. The van der Waals surface area contributed by atoms with Gasteiger partial charge >= 0.3 is 6.18 Å². The van der Waals surface area contributed by atoms with Crippen molar-refractivity contribution in [2.24, 2.45) is 7.05 Å². The maximum absolute atomic E-state index is 12.8. The van der Waals surface area contributed by atoms with Gasteiger partial charge in [0.05, 0.1) is 10.6 Å². The summed E-state index contributed by atoms with van der Waals surface area (Å²) in [4.78, 5) is 26.3. The third kappa shape index (κ3) is 4.15. The molecule has 0 spiro atoms. The molecule has 150 valence electrons. The number of anilines is 2. The molecule has 1 amide bonds. The number of aromatic nitrogens is 3. The largest absolute Gasteiger partial charge is 0.435 e. The number of non-ortho nitro benzene ring substituents is 1. The lowest BCUT2D eigenvalue weighted by Gasteiger charge is -2.09. The number of nitrogens with one attached hydrogen (secondary N) is 1. The summed E-state index contributed by atoms with van der Waals surface area (Å²) in [6.07, 6.45) is -4.60. The van der Waals surface area contributed by atoms with Gasteiger partial charge in [0, 0.05) is 30.3 Å². The molecule has 2 heterocycles. The molecule has 0 radical (unpaired) electrons. The average molecular weight is 406 g/mol. The van der Waals surface area contributed by atoms with E-state index in [-0.39, 0.29) is 34.1 Å². The molecule has 3 rings (SSSR count). The van der Waals surface area contributed by atoms with Crippen LogP contribution in [-0.2, 0) is 13.2 Å². The van der Waals surface area contributed by atoms with Crippen molar-refractivity contribution >= 4 is 23.2 Å². The van der Waals surface area contributed by atoms with Gasteiger partial charge in [-0.3, -0.25) is 19.6 Å². The van der Waals surface area contributed by atoms with Crippen molar-refractivity contribution in [1.29, 1.82) is 0 Å². The van der Waals surface area contributed by atoms with Crippen LogP contribution in [0, 0.1) is 10.1 Å². The van der Waals surface area contributed by atoms with Crippen LogP contribution in [0.2, 0.25) is 0 Å². The predicted molar refractivity (Wildman–Crippen MR) is 96.9 cm³/mol. The molecular weight excluding hydrogens is 393 g/mol. The van der Waals surface area contributed by atoms with Crippen molar-refractivity contribution in [2.75, 3.05) is 11.1 Å². The molecule has 0 aliphatic rings. The van der Waals surface area contributed by atoms with Crippen molar-refractivity contribution in [3.05, 3.63) is 63.8 Å². The van der Waals surface area contributed by atoms with Gasteiger partial charge in [-0.1, -0.05) is 0 Å². The zero-order valence-corrected chi connectivity index (χ0v) is 14.8. The third-order valence-electron chi connectivity index (χ3n) is 3.95. The van der Waals surface area contributed by atoms with Gasteiger partial charge in [0.25, 0.3) is 11.6 Å². The smallest absolute Gasteiger partial charge is 0.383 e. The molecule has 0 fully saturated rings. The number of nitro groups is 1. The number of pyridine rings is 1. The lowest BCUT2D eigenvalue weighted by atomic mass is 10.1. The van der Waals surface area contributed by atoms with Crippen LogP contribution in [0.5, 0.6) is 0 Å². The van der Waals surface area contributed by atoms with Crippen LogP contribution < -0.4 is 11.1 Å². The molecule has 0 aliphatic carbocycles. The van der Waals surface area contributed by atoms with Crippen LogP contribution in [0.4, 0.5) is 30.5 Å². The summed E-state index contributed by atoms with van der Waals surface area (Å²) in [6, 6.07) is 8.54. The minimum Gasteiger partial charge on any atom is -0.383 e. The first-order valence-electron chi connectivity index (χ1n) is 8.00. The Balaban J connectivity index is 1.82. The highest BCUT2D eigenvalue weighted by Crippen LogP contribution is 2.33. The van der Waals surface area contributed by atoms with Crippen LogP contribution in [0.3, 0.4) is 0 Å². The SMILES string of the molecule is Cn1nc(C(F)(F)F)cc1-c1ccc(NC(=O)c2ccc([N+](=O)[O-])cc2)nc1N. The number of nitro benzene ring substituents is 1. The minimum atomic E-state index is -4.60. The Hall–Kier alpha value is -3.96. The molecular formula is C17H13F3N6O3. The van der Waals surface area contributed by atoms with Gasteiger partial charge in [-0.15, -0.1) is 0 Å². The molecule has 0 saturated carbocycles. The fourth-order valence-electron chi connectivity index (χ4n) is 2.54. The minimum absolute atomic E-state index is 0.0628. The molecule has 0 bridgehead atoms. The number of alkyl halides is 3. The Morgan fingerprint density at radius 1 is 1.21 bits per heavy atom. The summed E-state index contributed by atoms with van der Waals surface area (Å²) in [7, 11) is 1.34. The molecule has 3 aromatic rings. The number of nitrogen functional groups attached to an aromatic ring is 1. The lowest BCUT2D eigenvalue weighted by molar-refractivity contribution is -0.384. The van der Waals surface area contributed by atoms with Gasteiger partial charge in [0.2, 0.25) is 0 Å². The number of carbonyl (C=O) groups is 1. The van der Waals surface area contributed by atoms with Crippen molar-refractivity contribution in [2.45, 2.75) is 6.18 Å². The zero-order chi connectivity index (χ0) is 21.3. The molecule has 0 unspecified atom stereocenters. The van der Waals surface area contributed by atoms with E-state index in [9.17, 15) is 28.1 Å². The number of nitrogens with zero attached hydrogens (tertiary/aromatic N) is 4. The topological polar surface area (TPSA) is 129 Å². The Morgan fingerprint density at radius 3 is 2.38 bits per heavy atom. The normalized spacial score (nSPS) is 11.3. The Kier molecular flexibility index (Phi) is 4.93. The van der Waals surface area contributed by atoms with Gasteiger partial charge in [-0.2, -0.15) is 18.3 Å². The first-order chi connectivity index (χ1) is 13.6. The van der Waals surface area contributed by atoms with Crippen molar-refractivity contribution in [1.82, 2.24) is 14.8 Å². The van der Waals surface area contributed by atoms with E-state index in [0.717, 1.165) is 10.7 Å². The van der Waals surface area contributed by atoms with Crippen molar-refractivity contribution < 1.29 is 22.9 Å². The molecule has 1 aromatic carbocycles. The van der Waals surface area contributed by atoms with Gasteiger partial charge in [0.15, 0.2) is 5.69 Å². The van der Waals surface area contributed by atoms with Crippen molar-refractivity contribution in [3.63, 3.8) is 0 Å². The van der Waals surface area contributed by atoms with E-state index >= 15 is 0 Å². The molecule has 29 heavy (non-hydrogen) atoms. The summed E-state index contributed by atoms with van der Waals surface area (Å²) < 4.78 is 39.5. The van der Waals surface area contributed by atoms with E-state index in [0.29, 0.717) is 0 Å². The van der Waals surface area contributed by atoms with E-state index in [1.165, 1.54) is 43.4 Å². The van der Waals surface area contributed by atoms with Crippen molar-refractivity contribution in [3.8, 4) is 11.3 Å². The van der Waals surface area contributed by atoms with Crippen LogP contribution in [0.15, 0.2) is 42.5 Å². The number of amides is 1. The maximum Gasteiger partial charge on any atom is 0.435 e. The molecule has 12 heteroatoms. The average Bonchev–Trinajstić information content (AvgIpc) is 3.04. The number of aryl methyl sites for hydroxylation is 1. The quantitative estimate of drug-likeness (QED) is 0.505. The van der Waals surface area contributed by atoms with Crippen LogP contribution in [0.25, 0.3) is 11.3 Å². The lowest BCUT2D eigenvalue weighted by Crippen LogP contribution is -2.13. The number of hydrogen-bond donors (Lipinski definition) is 2. The summed E-state index contributed by atoms with van der Waals surface area (Å²) >= 11 is 0. The fraction of sp³-hybridized carbons (Fsp3) is 0.118. The number of nitrogens with two attached hydrogens (primary N) is 1. The molecule has 9 nitrogen and oxygen atoms in total. The number of benzene rings is 1. The highest BCUT2D eigenvalue weighted by molar-refractivity contribution is 6.04. The summed E-state index contributed by atoms with van der Waals surface area (Å²) in [5, 5.41) is 16.5. The highest BCUT2D eigenvalue weighted by atomic mass is 19.4. The molecule has 0 aliphatic heterocycles. The number of carbonyl (C=O) groups excluding carboxylic acids is 1. The molecule has 0 saturated heterocycles. The van der Waals surface area contributed by atoms with E-state index in [4.69, 9.17) is 5.73 Å². The standard InChI is InChI=1S/C17H13F3N6O3/c1-25-12(8-13(24-25)17(18,19)20)11-6-7-14(22-15(11)21)23-16(27)9-2-4-10(5-3-9)26(28)29/h2-8H,1H3,(H3,21,22,23,27). The fourth-order valence-corrected chi connectivity index (χ4v) is 2.54. The number of rotatable bonds is 4. The van der Waals surface area contributed by atoms with Gasteiger partial charge in [-0.05, 0) is 30.3 Å². The van der Waals surface area contributed by atoms with Crippen LogP contribution >= 0.6 is 0 Å². The number of halogens is 3. The zero-order valence-electron chi connectivity index (χ0n) is 14.8. The van der Waals surface area contributed by atoms with E-state index in [1.54, 1.807) is 0 Å². The second-order valence-corrected chi connectivity index (χ2v) is 5.92. The molecule has 3 N–H and O–H groups in total. The second-order valence-electron chi connectivity index (χ2n) is 5.92. The molecule has 2 aromatic heterocycles. The first kappa shape index (κ1) is 19.8. The monoisotopic (exact) mass is 406 g/mol. The van der Waals surface area contributed by atoms with E-state index in [1.807, 2.05) is 0 Å². The highest BCUT2D eigenvalue weighted by Gasteiger charge is 2.35.